The molecule has 4 heteroatoms. The Kier molecular flexibility index (Phi) is 7.31. The van der Waals surface area contributed by atoms with Gasteiger partial charge in [-0.1, -0.05) is 45.1 Å². The van der Waals surface area contributed by atoms with Gasteiger partial charge in [0.15, 0.2) is 11.6 Å². The summed E-state index contributed by atoms with van der Waals surface area (Å²) in [6.45, 7) is -0.697. The summed E-state index contributed by atoms with van der Waals surface area (Å²) in [7, 11) is 0. The molecule has 3 aliphatic rings. The summed E-state index contributed by atoms with van der Waals surface area (Å²) >= 11 is 0. The Morgan fingerprint density at radius 2 is 1.67 bits per heavy atom. The van der Waals surface area contributed by atoms with Gasteiger partial charge in [-0.2, -0.15) is 8.78 Å². The van der Waals surface area contributed by atoms with Crippen LogP contribution in [0.1, 0.15) is 88.7 Å². The maximum atomic E-state index is 14.6. The summed E-state index contributed by atoms with van der Waals surface area (Å²) in [5.41, 5.74) is 1.61. The van der Waals surface area contributed by atoms with Crippen LogP contribution in [0.4, 0.5) is 13.2 Å². The first kappa shape index (κ1) is 22.0. The maximum Gasteiger partial charge on any atom is 0.387 e. The van der Waals surface area contributed by atoms with Gasteiger partial charge in [-0.05, 0) is 98.1 Å². The molecular formula is C26H37F3O. The molecule has 30 heavy (non-hydrogen) atoms. The Morgan fingerprint density at radius 3 is 2.43 bits per heavy atom. The van der Waals surface area contributed by atoms with Crippen LogP contribution in [-0.2, 0) is 12.8 Å². The quantitative estimate of drug-likeness (QED) is 0.405. The normalized spacial score (nSPS) is 31.3. The fraction of sp³-hybridized carbons (Fsp3) is 0.769. The fourth-order valence-electron chi connectivity index (χ4n) is 6.80. The minimum Gasteiger partial charge on any atom is -0.432 e. The van der Waals surface area contributed by atoms with Crippen molar-refractivity contribution in [2.75, 3.05) is 0 Å². The van der Waals surface area contributed by atoms with Gasteiger partial charge in [-0.3, -0.25) is 0 Å². The first-order valence-corrected chi connectivity index (χ1v) is 12.3. The van der Waals surface area contributed by atoms with Crippen LogP contribution in [0.25, 0.3) is 0 Å². The molecule has 0 radical (unpaired) electrons. The molecule has 1 aromatic rings. The molecule has 5 atom stereocenters. The van der Waals surface area contributed by atoms with Gasteiger partial charge < -0.3 is 4.74 Å². The van der Waals surface area contributed by atoms with Crippen LogP contribution in [0.3, 0.4) is 0 Å². The Bertz CT molecular complexity index is 704. The zero-order valence-electron chi connectivity index (χ0n) is 18.4. The number of alkyl halides is 2. The van der Waals surface area contributed by atoms with Crippen LogP contribution in [0.2, 0.25) is 0 Å². The summed E-state index contributed by atoms with van der Waals surface area (Å²) < 4.78 is 43.9. The van der Waals surface area contributed by atoms with Crippen LogP contribution in [0.5, 0.6) is 5.75 Å². The second kappa shape index (κ2) is 9.96. The Hall–Kier alpha value is -1.19. The maximum absolute atomic E-state index is 14.6. The van der Waals surface area contributed by atoms with E-state index < -0.39 is 12.4 Å². The number of benzene rings is 1. The molecule has 0 aliphatic heterocycles. The van der Waals surface area contributed by atoms with Gasteiger partial charge >= 0.3 is 6.61 Å². The van der Waals surface area contributed by atoms with Crippen molar-refractivity contribution in [1.82, 2.24) is 0 Å². The summed E-state index contributed by atoms with van der Waals surface area (Å²) in [6, 6.07) is 3.20. The van der Waals surface area contributed by atoms with Crippen LogP contribution < -0.4 is 4.74 Å². The van der Waals surface area contributed by atoms with E-state index in [1.54, 1.807) is 0 Å². The topological polar surface area (TPSA) is 9.23 Å². The molecule has 2 fully saturated rings. The van der Waals surface area contributed by atoms with Crippen molar-refractivity contribution < 1.29 is 17.9 Å². The zero-order chi connectivity index (χ0) is 21.1. The minimum absolute atomic E-state index is 0.307. The number of halogens is 3. The molecule has 0 saturated heterocycles. The van der Waals surface area contributed by atoms with Crippen molar-refractivity contribution in [3.05, 3.63) is 29.1 Å². The molecule has 168 valence electrons. The largest absolute Gasteiger partial charge is 0.432 e. The highest BCUT2D eigenvalue weighted by Gasteiger charge is 2.38. The van der Waals surface area contributed by atoms with Gasteiger partial charge in [0, 0.05) is 0 Å². The Morgan fingerprint density at radius 1 is 0.933 bits per heavy atom. The van der Waals surface area contributed by atoms with Crippen LogP contribution in [0, 0.1) is 35.4 Å². The third-order valence-corrected chi connectivity index (χ3v) is 8.41. The summed E-state index contributed by atoms with van der Waals surface area (Å²) in [6.07, 6.45) is 16.4. The van der Waals surface area contributed by atoms with E-state index in [0.717, 1.165) is 42.1 Å². The van der Waals surface area contributed by atoms with Crippen molar-refractivity contribution in [1.29, 1.82) is 0 Å². The van der Waals surface area contributed by atoms with Gasteiger partial charge in [0.25, 0.3) is 0 Å². The third kappa shape index (κ3) is 4.99. The van der Waals surface area contributed by atoms with Gasteiger partial charge in [-0.25, -0.2) is 4.39 Å². The van der Waals surface area contributed by atoms with E-state index in [1.165, 1.54) is 70.3 Å². The average Bonchev–Trinajstić information content (AvgIpc) is 2.75. The second-order valence-corrected chi connectivity index (χ2v) is 10.2. The molecule has 0 bridgehead atoms. The van der Waals surface area contributed by atoms with Crippen molar-refractivity contribution in [3.8, 4) is 5.75 Å². The third-order valence-electron chi connectivity index (χ3n) is 8.41. The number of rotatable bonds is 7. The number of hydrogen-bond acceptors (Lipinski definition) is 1. The first-order valence-electron chi connectivity index (χ1n) is 12.3. The molecule has 2 saturated carbocycles. The molecule has 1 aromatic carbocycles. The minimum atomic E-state index is -2.98. The number of fused-ring (bicyclic) bond motifs is 2. The lowest BCUT2D eigenvalue weighted by atomic mass is 9.61. The molecule has 0 N–H and O–H groups in total. The fourth-order valence-corrected chi connectivity index (χ4v) is 6.80. The van der Waals surface area contributed by atoms with Crippen LogP contribution >= 0.6 is 0 Å². The highest BCUT2D eigenvalue weighted by molar-refractivity contribution is 5.39. The monoisotopic (exact) mass is 422 g/mol. The predicted molar refractivity (Wildman–Crippen MR) is 114 cm³/mol. The average molecular weight is 423 g/mol. The molecule has 0 aromatic heterocycles. The second-order valence-electron chi connectivity index (χ2n) is 10.2. The van der Waals surface area contributed by atoms with E-state index in [-0.39, 0.29) is 5.75 Å². The lowest BCUT2D eigenvalue weighted by Crippen LogP contribution is -2.35. The molecule has 0 heterocycles. The molecule has 4 rings (SSSR count). The SMILES string of the molecule is CCCCCC1CCC2CC(C3CCc4c(ccc(OC(F)F)c4F)C3)CCC2C1. The molecule has 5 unspecified atom stereocenters. The van der Waals surface area contributed by atoms with Crippen molar-refractivity contribution in [3.63, 3.8) is 0 Å². The van der Waals surface area contributed by atoms with Gasteiger partial charge in [0.1, 0.15) is 0 Å². The number of hydrogen-bond donors (Lipinski definition) is 0. The molecule has 0 amide bonds. The highest BCUT2D eigenvalue weighted by atomic mass is 19.3. The van der Waals surface area contributed by atoms with E-state index >= 15 is 0 Å². The van der Waals surface area contributed by atoms with E-state index in [4.69, 9.17) is 0 Å². The molecule has 1 nitrogen and oxygen atoms in total. The Labute approximate surface area is 179 Å². The molecule has 0 spiro atoms. The first-order chi connectivity index (χ1) is 14.5. The smallest absolute Gasteiger partial charge is 0.387 e. The van der Waals surface area contributed by atoms with E-state index in [9.17, 15) is 13.2 Å². The number of unbranched alkanes of at least 4 members (excludes halogenated alkanes) is 2. The van der Waals surface area contributed by atoms with Gasteiger partial charge in [-0.15, -0.1) is 0 Å². The molecular weight excluding hydrogens is 385 g/mol. The lowest BCUT2D eigenvalue weighted by molar-refractivity contribution is -0.0523. The summed E-state index contributed by atoms with van der Waals surface area (Å²) in [4.78, 5) is 0. The lowest BCUT2D eigenvalue weighted by Gasteiger charge is -2.45. The van der Waals surface area contributed by atoms with Crippen molar-refractivity contribution in [2.24, 2.45) is 29.6 Å². The molecule has 3 aliphatic carbocycles. The summed E-state index contributed by atoms with van der Waals surface area (Å²) in [5, 5.41) is 0. The Balaban J connectivity index is 1.33. The summed E-state index contributed by atoms with van der Waals surface area (Å²) in [5.74, 6) is 3.27. The van der Waals surface area contributed by atoms with Gasteiger partial charge in [0.2, 0.25) is 0 Å². The predicted octanol–water partition coefficient (Wildman–Crippen LogP) is 7.94. The van der Waals surface area contributed by atoms with E-state index in [0.29, 0.717) is 17.9 Å². The highest BCUT2D eigenvalue weighted by Crippen LogP contribution is 2.49. The van der Waals surface area contributed by atoms with E-state index in [1.807, 2.05) is 6.07 Å². The van der Waals surface area contributed by atoms with Gasteiger partial charge in [0.05, 0.1) is 0 Å². The number of ether oxygens (including phenoxy) is 1. The zero-order valence-corrected chi connectivity index (χ0v) is 18.4. The van der Waals surface area contributed by atoms with Crippen molar-refractivity contribution >= 4 is 0 Å². The van der Waals surface area contributed by atoms with Crippen molar-refractivity contribution in [2.45, 2.75) is 97.0 Å². The van der Waals surface area contributed by atoms with Crippen LogP contribution in [-0.4, -0.2) is 6.61 Å². The van der Waals surface area contributed by atoms with E-state index in [2.05, 4.69) is 11.7 Å². The standard InChI is InChI=1S/C26H37F3O/c1-2-3-4-5-17-6-7-19-15-20(9-8-18(19)14-17)21-10-12-23-22(16-21)11-13-24(25(23)27)30-26(28)29/h11,13,17-21,26H,2-10,12,14-16H2,1H3. The van der Waals surface area contributed by atoms with Crippen LogP contribution in [0.15, 0.2) is 12.1 Å².